The Morgan fingerprint density at radius 3 is 2.63 bits per heavy atom. The molecule has 0 bridgehead atoms. The molecule has 19 heavy (non-hydrogen) atoms. The smallest absolute Gasteiger partial charge is 0.181 e. The summed E-state index contributed by atoms with van der Waals surface area (Å²) in [5.41, 5.74) is 1.00. The zero-order chi connectivity index (χ0) is 14.3. The molecule has 0 saturated carbocycles. The maximum Gasteiger partial charge on any atom is 0.181 e. The van der Waals surface area contributed by atoms with E-state index >= 15 is 0 Å². The van der Waals surface area contributed by atoms with Crippen LogP contribution >= 0.6 is 0 Å². The molecule has 0 saturated heterocycles. The Kier molecular flexibility index (Phi) is 6.17. The quantitative estimate of drug-likeness (QED) is 0.821. The SMILES string of the molecule is COc1ccc(OC(C)C#N)c(CNCC(C)C)c1. The summed E-state index contributed by atoms with van der Waals surface area (Å²) in [5, 5.41) is 12.2. The van der Waals surface area contributed by atoms with Crippen LogP contribution in [0.1, 0.15) is 26.3 Å². The summed E-state index contributed by atoms with van der Waals surface area (Å²) in [7, 11) is 1.64. The van der Waals surface area contributed by atoms with E-state index in [4.69, 9.17) is 14.7 Å². The molecule has 0 aliphatic heterocycles. The molecule has 0 spiro atoms. The van der Waals surface area contributed by atoms with Crippen LogP contribution in [-0.4, -0.2) is 19.8 Å². The van der Waals surface area contributed by atoms with Gasteiger partial charge in [0.25, 0.3) is 0 Å². The summed E-state index contributed by atoms with van der Waals surface area (Å²) in [6, 6.07) is 7.69. The lowest BCUT2D eigenvalue weighted by atomic mass is 10.1. The molecule has 0 radical (unpaired) electrons. The second-order valence-corrected chi connectivity index (χ2v) is 4.89. The van der Waals surface area contributed by atoms with Gasteiger partial charge in [0.1, 0.15) is 17.6 Å². The van der Waals surface area contributed by atoms with E-state index in [1.807, 2.05) is 18.2 Å². The summed E-state index contributed by atoms with van der Waals surface area (Å²) in [6.45, 7) is 7.68. The van der Waals surface area contributed by atoms with Crippen LogP contribution in [-0.2, 0) is 6.54 Å². The minimum atomic E-state index is -0.461. The standard InChI is InChI=1S/C15H22N2O2/c1-11(2)9-17-10-13-7-14(18-4)5-6-15(13)19-12(3)8-16/h5-7,11-12,17H,9-10H2,1-4H3. The summed E-state index contributed by atoms with van der Waals surface area (Å²) < 4.78 is 10.8. The lowest BCUT2D eigenvalue weighted by molar-refractivity contribution is 0.272. The van der Waals surface area contributed by atoms with Crippen molar-refractivity contribution < 1.29 is 9.47 Å². The molecule has 1 unspecified atom stereocenters. The second kappa shape index (κ2) is 7.65. The van der Waals surface area contributed by atoms with E-state index in [1.165, 1.54) is 0 Å². The number of nitriles is 1. The van der Waals surface area contributed by atoms with Gasteiger partial charge in [-0.15, -0.1) is 0 Å². The van der Waals surface area contributed by atoms with Crippen molar-refractivity contribution in [1.82, 2.24) is 5.32 Å². The molecular weight excluding hydrogens is 240 g/mol. The predicted molar refractivity (Wildman–Crippen MR) is 75.2 cm³/mol. The molecule has 4 nitrogen and oxygen atoms in total. The van der Waals surface area contributed by atoms with Crippen LogP contribution in [0, 0.1) is 17.2 Å². The molecule has 0 heterocycles. The molecule has 0 fully saturated rings. The maximum atomic E-state index is 8.82. The van der Waals surface area contributed by atoms with Gasteiger partial charge in [0, 0.05) is 12.1 Å². The summed E-state index contributed by atoms with van der Waals surface area (Å²) in [4.78, 5) is 0. The Balaban J connectivity index is 2.80. The fourth-order valence-electron chi connectivity index (χ4n) is 1.65. The van der Waals surface area contributed by atoms with Crippen molar-refractivity contribution in [2.45, 2.75) is 33.4 Å². The van der Waals surface area contributed by atoms with Crippen LogP contribution in [0.2, 0.25) is 0 Å². The van der Waals surface area contributed by atoms with E-state index in [9.17, 15) is 0 Å². The maximum absolute atomic E-state index is 8.82. The number of nitrogens with zero attached hydrogens (tertiary/aromatic N) is 1. The topological polar surface area (TPSA) is 54.3 Å². The molecule has 0 amide bonds. The second-order valence-electron chi connectivity index (χ2n) is 4.89. The molecule has 0 aliphatic carbocycles. The molecule has 104 valence electrons. The summed E-state index contributed by atoms with van der Waals surface area (Å²) in [6.07, 6.45) is -0.461. The highest BCUT2D eigenvalue weighted by Crippen LogP contribution is 2.25. The lowest BCUT2D eigenvalue weighted by Gasteiger charge is -2.15. The minimum Gasteiger partial charge on any atom is -0.497 e. The average Bonchev–Trinajstić information content (AvgIpc) is 2.39. The van der Waals surface area contributed by atoms with E-state index in [0.29, 0.717) is 12.5 Å². The zero-order valence-corrected chi connectivity index (χ0v) is 12.1. The van der Waals surface area contributed by atoms with Crippen molar-refractivity contribution >= 4 is 0 Å². The van der Waals surface area contributed by atoms with Crippen LogP contribution in [0.25, 0.3) is 0 Å². The van der Waals surface area contributed by atoms with Gasteiger partial charge in [0.05, 0.1) is 7.11 Å². The number of hydrogen-bond acceptors (Lipinski definition) is 4. The van der Waals surface area contributed by atoms with Crippen molar-refractivity contribution in [2.24, 2.45) is 5.92 Å². The first-order valence-corrected chi connectivity index (χ1v) is 6.50. The van der Waals surface area contributed by atoms with Crippen LogP contribution in [0.4, 0.5) is 0 Å². The van der Waals surface area contributed by atoms with Gasteiger partial charge in [0.15, 0.2) is 6.10 Å². The monoisotopic (exact) mass is 262 g/mol. The first-order valence-electron chi connectivity index (χ1n) is 6.50. The van der Waals surface area contributed by atoms with Gasteiger partial charge in [-0.1, -0.05) is 13.8 Å². The zero-order valence-electron chi connectivity index (χ0n) is 12.1. The van der Waals surface area contributed by atoms with Gasteiger partial charge in [-0.25, -0.2) is 0 Å². The van der Waals surface area contributed by atoms with Gasteiger partial charge in [-0.05, 0) is 37.6 Å². The van der Waals surface area contributed by atoms with E-state index < -0.39 is 6.10 Å². The lowest BCUT2D eigenvalue weighted by Crippen LogP contribution is -2.20. The third kappa shape index (κ3) is 5.19. The Morgan fingerprint density at radius 2 is 2.05 bits per heavy atom. The van der Waals surface area contributed by atoms with E-state index in [-0.39, 0.29) is 0 Å². The highest BCUT2D eigenvalue weighted by atomic mass is 16.5. The van der Waals surface area contributed by atoms with Crippen LogP contribution in [0.3, 0.4) is 0 Å². The normalized spacial score (nSPS) is 12.0. The molecular formula is C15H22N2O2. The first kappa shape index (κ1) is 15.3. The number of nitrogens with one attached hydrogen (secondary N) is 1. The molecule has 1 aromatic carbocycles. The highest BCUT2D eigenvalue weighted by molar-refractivity contribution is 5.40. The summed E-state index contributed by atoms with van der Waals surface area (Å²) in [5.74, 6) is 2.11. The van der Waals surface area contributed by atoms with Gasteiger partial charge in [-0.3, -0.25) is 0 Å². The molecule has 0 aromatic heterocycles. The van der Waals surface area contributed by atoms with E-state index in [0.717, 1.165) is 23.6 Å². The third-order valence-electron chi connectivity index (χ3n) is 2.62. The predicted octanol–water partition coefficient (Wildman–Crippen LogP) is 2.73. The van der Waals surface area contributed by atoms with E-state index in [1.54, 1.807) is 14.0 Å². The molecule has 1 atom stereocenters. The van der Waals surface area contributed by atoms with Crippen molar-refractivity contribution in [2.75, 3.05) is 13.7 Å². The number of hydrogen-bond donors (Lipinski definition) is 1. The summed E-state index contributed by atoms with van der Waals surface area (Å²) >= 11 is 0. The van der Waals surface area contributed by atoms with Crippen LogP contribution < -0.4 is 14.8 Å². The number of benzene rings is 1. The molecule has 1 aromatic rings. The van der Waals surface area contributed by atoms with Crippen molar-refractivity contribution in [3.8, 4) is 17.6 Å². The van der Waals surface area contributed by atoms with Gasteiger partial charge in [-0.2, -0.15) is 5.26 Å². The van der Waals surface area contributed by atoms with Gasteiger partial charge < -0.3 is 14.8 Å². The van der Waals surface area contributed by atoms with Crippen LogP contribution in [0.15, 0.2) is 18.2 Å². The highest BCUT2D eigenvalue weighted by Gasteiger charge is 2.09. The first-order chi connectivity index (χ1) is 9.06. The van der Waals surface area contributed by atoms with Gasteiger partial charge in [0.2, 0.25) is 0 Å². The Bertz CT molecular complexity index is 438. The Labute approximate surface area is 115 Å². The molecule has 1 N–H and O–H groups in total. The number of ether oxygens (including phenoxy) is 2. The minimum absolute atomic E-state index is 0.461. The molecule has 1 rings (SSSR count). The number of rotatable bonds is 7. The fraction of sp³-hybridized carbons (Fsp3) is 0.533. The third-order valence-corrected chi connectivity index (χ3v) is 2.62. The van der Waals surface area contributed by atoms with Gasteiger partial charge >= 0.3 is 0 Å². The average molecular weight is 262 g/mol. The van der Waals surface area contributed by atoms with Crippen molar-refractivity contribution in [3.05, 3.63) is 23.8 Å². The number of methoxy groups -OCH3 is 1. The molecule has 0 aliphatic rings. The Morgan fingerprint density at radius 1 is 1.32 bits per heavy atom. The largest absolute Gasteiger partial charge is 0.497 e. The van der Waals surface area contributed by atoms with Crippen molar-refractivity contribution in [3.63, 3.8) is 0 Å². The Hall–Kier alpha value is -1.73. The van der Waals surface area contributed by atoms with Crippen molar-refractivity contribution in [1.29, 1.82) is 5.26 Å². The van der Waals surface area contributed by atoms with E-state index in [2.05, 4.69) is 25.2 Å². The fourth-order valence-corrected chi connectivity index (χ4v) is 1.65. The van der Waals surface area contributed by atoms with Crippen LogP contribution in [0.5, 0.6) is 11.5 Å². The molecule has 4 heteroatoms.